The quantitative estimate of drug-likeness (QED) is 0.660. The van der Waals surface area contributed by atoms with E-state index in [1.807, 2.05) is 6.92 Å². The monoisotopic (exact) mass is 421 g/mol. The first-order chi connectivity index (χ1) is 14.4. The third-order valence-electron chi connectivity index (χ3n) is 4.59. The van der Waals surface area contributed by atoms with Crippen LogP contribution in [0.15, 0.2) is 24.3 Å². The van der Waals surface area contributed by atoms with Gasteiger partial charge in [0.1, 0.15) is 5.82 Å². The molecule has 10 heteroatoms. The van der Waals surface area contributed by atoms with Crippen LogP contribution in [0.4, 0.5) is 8.78 Å². The highest BCUT2D eigenvalue weighted by Crippen LogP contribution is 2.30. The molecule has 3 rings (SSSR count). The number of amides is 1. The van der Waals surface area contributed by atoms with Crippen molar-refractivity contribution in [1.82, 2.24) is 25.0 Å². The largest absolute Gasteiger partial charge is 0.490 e. The van der Waals surface area contributed by atoms with Crippen LogP contribution in [0.1, 0.15) is 24.1 Å². The number of ether oxygens (including phenoxy) is 2. The molecule has 1 aromatic heterocycles. The Labute approximate surface area is 173 Å². The number of rotatable bonds is 8. The minimum absolute atomic E-state index is 0.0342. The van der Waals surface area contributed by atoms with Crippen LogP contribution < -0.4 is 9.47 Å². The number of nitrogens with one attached hydrogen (secondary N) is 1. The molecule has 0 spiro atoms. The first-order valence-corrected chi connectivity index (χ1v) is 9.73. The Morgan fingerprint density at radius 2 is 2.03 bits per heavy atom. The molecule has 1 aliphatic heterocycles. The second-order valence-electron chi connectivity index (χ2n) is 6.79. The van der Waals surface area contributed by atoms with Crippen LogP contribution in [0.25, 0.3) is 6.08 Å². The molecule has 1 amide bonds. The minimum Gasteiger partial charge on any atom is -0.490 e. The second-order valence-corrected chi connectivity index (χ2v) is 6.79. The number of aryl methyl sites for hydroxylation is 1. The highest BCUT2D eigenvalue weighted by Gasteiger charge is 2.20. The number of nitrogens with zero attached hydrogens (tertiary/aromatic N) is 4. The van der Waals surface area contributed by atoms with E-state index >= 15 is 0 Å². The van der Waals surface area contributed by atoms with E-state index in [1.54, 1.807) is 30.0 Å². The molecule has 1 aromatic carbocycles. The average Bonchev–Trinajstić information content (AvgIpc) is 3.13. The van der Waals surface area contributed by atoms with Crippen molar-refractivity contribution in [3.8, 4) is 11.5 Å². The van der Waals surface area contributed by atoms with Crippen LogP contribution in [-0.2, 0) is 11.3 Å². The SMILES string of the molecule is CCOc1cc(/C=C/C(=O)N2CCN(Cc3n[nH]c(C)n3)CC2)ccc1OC(F)F. The molecule has 1 fully saturated rings. The number of benzene rings is 1. The number of H-pyrrole nitrogens is 1. The van der Waals surface area contributed by atoms with Crippen LogP contribution in [0.5, 0.6) is 11.5 Å². The van der Waals surface area contributed by atoms with Gasteiger partial charge in [-0.05, 0) is 37.6 Å². The standard InChI is InChI=1S/C20H25F2N5O3/c1-3-29-17-12-15(4-6-16(17)30-20(21)22)5-7-19(28)27-10-8-26(9-11-27)13-18-23-14(2)24-25-18/h4-7,12,20H,3,8-11,13H2,1-2H3,(H,23,24,25)/b7-5+. The fourth-order valence-electron chi connectivity index (χ4n) is 3.15. The summed E-state index contributed by atoms with van der Waals surface area (Å²) in [5.74, 6) is 1.60. The molecule has 162 valence electrons. The van der Waals surface area contributed by atoms with Gasteiger partial charge in [-0.3, -0.25) is 14.8 Å². The zero-order valence-corrected chi connectivity index (χ0v) is 17.0. The van der Waals surface area contributed by atoms with Gasteiger partial charge in [0.25, 0.3) is 0 Å². The normalized spacial score (nSPS) is 15.2. The first-order valence-electron chi connectivity index (χ1n) is 9.73. The van der Waals surface area contributed by atoms with Gasteiger partial charge < -0.3 is 14.4 Å². The van der Waals surface area contributed by atoms with Crippen molar-refractivity contribution in [2.45, 2.75) is 27.0 Å². The molecule has 0 aliphatic carbocycles. The maximum atomic E-state index is 12.5. The number of halogens is 2. The molecule has 0 atom stereocenters. The van der Waals surface area contributed by atoms with Gasteiger partial charge in [-0.1, -0.05) is 6.07 Å². The molecular formula is C20H25F2N5O3. The maximum Gasteiger partial charge on any atom is 0.387 e. The molecule has 8 nitrogen and oxygen atoms in total. The number of alkyl halides is 2. The van der Waals surface area contributed by atoms with Crippen molar-refractivity contribution >= 4 is 12.0 Å². The predicted octanol–water partition coefficient (Wildman–Crippen LogP) is 2.47. The van der Waals surface area contributed by atoms with E-state index in [-0.39, 0.29) is 17.4 Å². The molecule has 0 radical (unpaired) electrons. The van der Waals surface area contributed by atoms with Crippen LogP contribution in [-0.4, -0.2) is 70.3 Å². The topological polar surface area (TPSA) is 83.6 Å². The number of carbonyl (C=O) groups excluding carboxylic acids is 1. The maximum absolute atomic E-state index is 12.5. The molecule has 1 saturated heterocycles. The lowest BCUT2D eigenvalue weighted by Gasteiger charge is -2.33. The molecule has 0 bridgehead atoms. The highest BCUT2D eigenvalue weighted by atomic mass is 19.3. The summed E-state index contributed by atoms with van der Waals surface area (Å²) in [6.45, 7) is 4.33. The summed E-state index contributed by atoms with van der Waals surface area (Å²) in [6, 6.07) is 4.58. The average molecular weight is 421 g/mol. The van der Waals surface area contributed by atoms with Gasteiger partial charge in [-0.25, -0.2) is 4.98 Å². The van der Waals surface area contributed by atoms with E-state index in [0.29, 0.717) is 31.8 Å². The number of hydrogen-bond donors (Lipinski definition) is 1. The lowest BCUT2D eigenvalue weighted by Crippen LogP contribution is -2.47. The molecule has 2 heterocycles. The zero-order chi connectivity index (χ0) is 21.5. The van der Waals surface area contributed by atoms with Crippen molar-refractivity contribution in [2.24, 2.45) is 0 Å². The van der Waals surface area contributed by atoms with Gasteiger partial charge >= 0.3 is 6.61 Å². The minimum atomic E-state index is -2.93. The van der Waals surface area contributed by atoms with Crippen LogP contribution in [0.3, 0.4) is 0 Å². The summed E-state index contributed by atoms with van der Waals surface area (Å²) in [7, 11) is 0. The lowest BCUT2D eigenvalue weighted by atomic mass is 10.2. The summed E-state index contributed by atoms with van der Waals surface area (Å²) in [5.41, 5.74) is 0.659. The van der Waals surface area contributed by atoms with Crippen LogP contribution in [0, 0.1) is 6.92 Å². The first kappa shape index (κ1) is 21.7. The van der Waals surface area contributed by atoms with Crippen molar-refractivity contribution in [1.29, 1.82) is 0 Å². The Morgan fingerprint density at radius 3 is 2.67 bits per heavy atom. The Balaban J connectivity index is 1.54. The zero-order valence-electron chi connectivity index (χ0n) is 17.0. The van der Waals surface area contributed by atoms with E-state index in [1.165, 1.54) is 12.1 Å². The van der Waals surface area contributed by atoms with E-state index in [2.05, 4.69) is 24.8 Å². The second kappa shape index (κ2) is 10.1. The Bertz CT molecular complexity index is 879. The van der Waals surface area contributed by atoms with E-state index in [4.69, 9.17) is 4.74 Å². The van der Waals surface area contributed by atoms with Gasteiger partial charge in [0.15, 0.2) is 17.3 Å². The summed E-state index contributed by atoms with van der Waals surface area (Å²) in [6.07, 6.45) is 3.12. The molecule has 1 N–H and O–H groups in total. The molecule has 30 heavy (non-hydrogen) atoms. The molecule has 2 aromatic rings. The summed E-state index contributed by atoms with van der Waals surface area (Å²) in [5, 5.41) is 6.97. The van der Waals surface area contributed by atoms with E-state index in [9.17, 15) is 13.6 Å². The molecular weight excluding hydrogens is 396 g/mol. The van der Waals surface area contributed by atoms with Gasteiger partial charge in [0, 0.05) is 32.3 Å². The van der Waals surface area contributed by atoms with Gasteiger partial charge in [0.2, 0.25) is 5.91 Å². The Hall–Kier alpha value is -3.01. The number of aromatic amines is 1. The fraction of sp³-hybridized carbons (Fsp3) is 0.450. The van der Waals surface area contributed by atoms with Crippen molar-refractivity contribution in [3.63, 3.8) is 0 Å². The Morgan fingerprint density at radius 1 is 1.27 bits per heavy atom. The van der Waals surface area contributed by atoms with Crippen molar-refractivity contribution < 1.29 is 23.0 Å². The third-order valence-corrected chi connectivity index (χ3v) is 4.59. The van der Waals surface area contributed by atoms with Crippen LogP contribution in [0.2, 0.25) is 0 Å². The smallest absolute Gasteiger partial charge is 0.387 e. The van der Waals surface area contributed by atoms with Gasteiger partial charge in [-0.2, -0.15) is 13.9 Å². The van der Waals surface area contributed by atoms with E-state index < -0.39 is 6.61 Å². The number of aromatic nitrogens is 3. The van der Waals surface area contributed by atoms with Crippen molar-refractivity contribution in [2.75, 3.05) is 32.8 Å². The van der Waals surface area contributed by atoms with E-state index in [0.717, 1.165) is 24.7 Å². The lowest BCUT2D eigenvalue weighted by molar-refractivity contribution is -0.127. The summed E-state index contributed by atoms with van der Waals surface area (Å²) >= 11 is 0. The molecule has 1 aliphatic rings. The number of piperazine rings is 1. The molecule has 0 unspecified atom stereocenters. The van der Waals surface area contributed by atoms with Gasteiger partial charge in [-0.15, -0.1) is 0 Å². The molecule has 0 saturated carbocycles. The Kier molecular flexibility index (Phi) is 7.34. The predicted molar refractivity (Wildman–Crippen MR) is 106 cm³/mol. The van der Waals surface area contributed by atoms with Crippen molar-refractivity contribution in [3.05, 3.63) is 41.5 Å². The highest BCUT2D eigenvalue weighted by molar-refractivity contribution is 5.92. The fourth-order valence-corrected chi connectivity index (χ4v) is 3.15. The summed E-state index contributed by atoms with van der Waals surface area (Å²) < 4.78 is 34.8. The number of carbonyl (C=O) groups is 1. The van der Waals surface area contributed by atoms with Gasteiger partial charge in [0.05, 0.1) is 13.2 Å². The summed E-state index contributed by atoms with van der Waals surface area (Å²) in [4.78, 5) is 20.8. The third kappa shape index (κ3) is 5.99. The van der Waals surface area contributed by atoms with Crippen LogP contribution >= 0.6 is 0 Å². The number of hydrogen-bond acceptors (Lipinski definition) is 6.